The Kier molecular flexibility index (Phi) is 9.27. The van der Waals surface area contributed by atoms with Crippen molar-refractivity contribution in [3.8, 4) is 23.0 Å². The van der Waals surface area contributed by atoms with Crippen LogP contribution in [0.25, 0.3) is 0 Å². The first-order valence-electron chi connectivity index (χ1n) is 9.58. The number of methoxy groups -OCH3 is 3. The van der Waals surface area contributed by atoms with Crippen LogP contribution in [0, 0.1) is 0 Å². The van der Waals surface area contributed by atoms with Gasteiger partial charge in [0.15, 0.2) is 29.6 Å². The number of halogens is 1. The van der Waals surface area contributed by atoms with E-state index < -0.39 is 18.5 Å². The van der Waals surface area contributed by atoms with Gasteiger partial charge in [0.25, 0.3) is 5.91 Å². The Morgan fingerprint density at radius 1 is 0.968 bits per heavy atom. The summed E-state index contributed by atoms with van der Waals surface area (Å²) in [7, 11) is 4.57. The van der Waals surface area contributed by atoms with E-state index in [1.165, 1.54) is 19.2 Å². The van der Waals surface area contributed by atoms with Gasteiger partial charge in [0.2, 0.25) is 0 Å². The summed E-state index contributed by atoms with van der Waals surface area (Å²) in [5, 5.41) is 2.92. The lowest BCUT2D eigenvalue weighted by Gasteiger charge is -2.13. The highest BCUT2D eigenvalue weighted by Crippen LogP contribution is 2.36. The number of hydrogen-bond acceptors (Lipinski definition) is 7. The van der Waals surface area contributed by atoms with Crippen molar-refractivity contribution in [1.82, 2.24) is 5.32 Å². The molecule has 0 aliphatic rings. The number of benzene rings is 2. The number of esters is 1. The molecule has 0 spiro atoms. The Morgan fingerprint density at radius 2 is 1.68 bits per heavy atom. The maximum atomic E-state index is 12.3. The van der Waals surface area contributed by atoms with Gasteiger partial charge >= 0.3 is 5.97 Å². The molecule has 2 rings (SSSR count). The second-order valence-corrected chi connectivity index (χ2v) is 6.70. The van der Waals surface area contributed by atoms with E-state index in [2.05, 4.69) is 5.32 Å². The predicted octanol–water partition coefficient (Wildman–Crippen LogP) is 3.28. The van der Waals surface area contributed by atoms with E-state index >= 15 is 0 Å². The first-order valence-corrected chi connectivity index (χ1v) is 9.96. The molecule has 8 nitrogen and oxygen atoms in total. The highest BCUT2D eigenvalue weighted by atomic mass is 35.5. The second kappa shape index (κ2) is 11.9. The molecular weight excluding hydrogens is 426 g/mol. The molecule has 1 N–H and O–H groups in total. The van der Waals surface area contributed by atoms with Gasteiger partial charge in [-0.25, -0.2) is 4.79 Å². The minimum Gasteiger partial charge on any atom is -0.493 e. The predicted molar refractivity (Wildman–Crippen MR) is 116 cm³/mol. The molecule has 0 aromatic heterocycles. The standard InChI is InChI=1S/C22H26ClNO7/c1-5-30-21-16(23)11-15(12-19(21)29-4)22(26)31-13-20(25)24-9-8-14-6-7-17(27-2)18(10-14)28-3/h6-7,10-12H,5,8-9,13H2,1-4H3,(H,24,25). The summed E-state index contributed by atoms with van der Waals surface area (Å²) in [5.41, 5.74) is 1.12. The molecule has 168 valence electrons. The summed E-state index contributed by atoms with van der Waals surface area (Å²) in [6.07, 6.45) is 0.575. The Labute approximate surface area is 186 Å². The highest BCUT2D eigenvalue weighted by molar-refractivity contribution is 6.32. The maximum absolute atomic E-state index is 12.3. The van der Waals surface area contributed by atoms with Gasteiger partial charge in [-0.05, 0) is 43.2 Å². The van der Waals surface area contributed by atoms with Crippen molar-refractivity contribution in [2.75, 3.05) is 41.1 Å². The Morgan fingerprint density at radius 3 is 2.32 bits per heavy atom. The van der Waals surface area contributed by atoms with Gasteiger partial charge in [-0.2, -0.15) is 0 Å². The first-order chi connectivity index (χ1) is 14.9. The topological polar surface area (TPSA) is 92.3 Å². The minimum atomic E-state index is -0.696. The lowest BCUT2D eigenvalue weighted by atomic mass is 10.1. The second-order valence-electron chi connectivity index (χ2n) is 6.29. The molecule has 0 saturated heterocycles. The molecule has 2 aromatic rings. The van der Waals surface area contributed by atoms with Gasteiger partial charge in [-0.15, -0.1) is 0 Å². The molecule has 31 heavy (non-hydrogen) atoms. The van der Waals surface area contributed by atoms with E-state index in [0.29, 0.717) is 42.6 Å². The summed E-state index contributed by atoms with van der Waals surface area (Å²) in [4.78, 5) is 24.3. The number of amides is 1. The van der Waals surface area contributed by atoms with Gasteiger partial charge in [-0.3, -0.25) is 4.79 Å². The van der Waals surface area contributed by atoms with Crippen molar-refractivity contribution >= 4 is 23.5 Å². The van der Waals surface area contributed by atoms with Gasteiger partial charge in [0, 0.05) is 6.54 Å². The van der Waals surface area contributed by atoms with E-state index in [9.17, 15) is 9.59 Å². The fraction of sp³-hybridized carbons (Fsp3) is 0.364. The molecule has 0 aliphatic carbocycles. The molecule has 0 radical (unpaired) electrons. The molecule has 0 bridgehead atoms. The lowest BCUT2D eigenvalue weighted by Crippen LogP contribution is -2.30. The average Bonchev–Trinajstić information content (AvgIpc) is 2.78. The van der Waals surface area contributed by atoms with Crippen molar-refractivity contribution in [2.45, 2.75) is 13.3 Å². The quantitative estimate of drug-likeness (QED) is 0.524. The summed E-state index contributed by atoms with van der Waals surface area (Å²) < 4.78 is 26.2. The number of carbonyl (C=O) groups is 2. The average molecular weight is 452 g/mol. The van der Waals surface area contributed by atoms with Crippen LogP contribution in [-0.2, 0) is 16.0 Å². The SMILES string of the molecule is CCOc1c(Cl)cc(C(=O)OCC(=O)NCCc2ccc(OC)c(OC)c2)cc1OC. The van der Waals surface area contributed by atoms with Crippen LogP contribution in [0.2, 0.25) is 5.02 Å². The van der Waals surface area contributed by atoms with E-state index in [1.807, 2.05) is 19.1 Å². The largest absolute Gasteiger partial charge is 0.493 e. The normalized spacial score (nSPS) is 10.2. The van der Waals surface area contributed by atoms with Crippen LogP contribution >= 0.6 is 11.6 Å². The molecule has 1 amide bonds. The Balaban J connectivity index is 1.86. The van der Waals surface area contributed by atoms with Crippen LogP contribution in [0.15, 0.2) is 30.3 Å². The molecule has 9 heteroatoms. The van der Waals surface area contributed by atoms with Crippen LogP contribution < -0.4 is 24.3 Å². The summed E-state index contributed by atoms with van der Waals surface area (Å²) in [5.74, 6) is 0.783. The van der Waals surface area contributed by atoms with Crippen LogP contribution in [-0.4, -0.2) is 53.0 Å². The van der Waals surface area contributed by atoms with Crippen LogP contribution in [0.5, 0.6) is 23.0 Å². The van der Waals surface area contributed by atoms with Crippen molar-refractivity contribution in [1.29, 1.82) is 0 Å². The molecule has 0 unspecified atom stereocenters. The zero-order chi connectivity index (χ0) is 22.8. The third kappa shape index (κ3) is 6.68. The number of carbonyl (C=O) groups excluding carboxylic acids is 2. The Bertz CT molecular complexity index is 917. The number of ether oxygens (including phenoxy) is 5. The van der Waals surface area contributed by atoms with Crippen molar-refractivity contribution in [2.24, 2.45) is 0 Å². The summed E-state index contributed by atoms with van der Waals surface area (Å²) in [6.45, 7) is 2.15. The van der Waals surface area contributed by atoms with Gasteiger partial charge in [0.05, 0.1) is 38.5 Å². The summed E-state index contributed by atoms with van der Waals surface area (Å²) >= 11 is 6.16. The van der Waals surface area contributed by atoms with E-state index in [0.717, 1.165) is 5.56 Å². The smallest absolute Gasteiger partial charge is 0.338 e. The number of hydrogen-bond donors (Lipinski definition) is 1. The first kappa shape index (κ1) is 24.1. The third-order valence-electron chi connectivity index (χ3n) is 4.27. The zero-order valence-electron chi connectivity index (χ0n) is 18.0. The lowest BCUT2D eigenvalue weighted by molar-refractivity contribution is -0.124. The van der Waals surface area contributed by atoms with Crippen molar-refractivity contribution in [3.05, 3.63) is 46.5 Å². The van der Waals surface area contributed by atoms with Crippen LogP contribution in [0.4, 0.5) is 0 Å². The molecule has 2 aromatic carbocycles. The van der Waals surface area contributed by atoms with E-state index in [4.69, 9.17) is 35.3 Å². The number of rotatable bonds is 11. The molecule has 0 atom stereocenters. The van der Waals surface area contributed by atoms with Gasteiger partial charge < -0.3 is 29.0 Å². The molecule has 0 saturated carbocycles. The van der Waals surface area contributed by atoms with Crippen LogP contribution in [0.3, 0.4) is 0 Å². The maximum Gasteiger partial charge on any atom is 0.338 e. The molecule has 0 heterocycles. The number of nitrogens with one attached hydrogen (secondary N) is 1. The fourth-order valence-corrected chi connectivity index (χ4v) is 3.04. The van der Waals surface area contributed by atoms with Crippen molar-refractivity contribution in [3.63, 3.8) is 0 Å². The Hall–Kier alpha value is -3.13. The zero-order valence-corrected chi connectivity index (χ0v) is 18.7. The fourth-order valence-electron chi connectivity index (χ4n) is 2.77. The van der Waals surface area contributed by atoms with Gasteiger partial charge in [-0.1, -0.05) is 17.7 Å². The monoisotopic (exact) mass is 451 g/mol. The molecular formula is C22H26ClNO7. The van der Waals surface area contributed by atoms with Gasteiger partial charge in [0.1, 0.15) is 0 Å². The molecule has 0 aliphatic heterocycles. The molecule has 0 fully saturated rings. The van der Waals surface area contributed by atoms with Crippen LogP contribution in [0.1, 0.15) is 22.8 Å². The summed E-state index contributed by atoms with van der Waals surface area (Å²) in [6, 6.07) is 8.39. The van der Waals surface area contributed by atoms with E-state index in [1.54, 1.807) is 20.3 Å². The highest BCUT2D eigenvalue weighted by Gasteiger charge is 2.17. The minimum absolute atomic E-state index is 0.156. The van der Waals surface area contributed by atoms with Crippen molar-refractivity contribution < 1.29 is 33.3 Å². The third-order valence-corrected chi connectivity index (χ3v) is 4.55. The van der Waals surface area contributed by atoms with E-state index in [-0.39, 0.29) is 10.6 Å².